The van der Waals surface area contributed by atoms with Gasteiger partial charge in [-0.05, 0) is 60.3 Å². The lowest BCUT2D eigenvalue weighted by Crippen LogP contribution is -2.46. The number of rotatable bonds is 7. The van der Waals surface area contributed by atoms with E-state index in [0.29, 0.717) is 41.8 Å². The summed E-state index contributed by atoms with van der Waals surface area (Å²) < 4.78 is 39.7. The fourth-order valence-corrected chi connectivity index (χ4v) is 5.08. The lowest BCUT2D eigenvalue weighted by Gasteiger charge is -2.36. The van der Waals surface area contributed by atoms with Gasteiger partial charge in [0.1, 0.15) is 5.82 Å². The molecule has 1 fully saturated rings. The summed E-state index contributed by atoms with van der Waals surface area (Å²) in [5.41, 5.74) is 11.2. The van der Waals surface area contributed by atoms with Gasteiger partial charge in [-0.1, -0.05) is 24.3 Å². The number of pyridine rings is 1. The van der Waals surface area contributed by atoms with Crippen LogP contribution in [0.15, 0.2) is 48.5 Å². The van der Waals surface area contributed by atoms with Gasteiger partial charge < -0.3 is 16.0 Å². The Hall–Kier alpha value is -3.59. The van der Waals surface area contributed by atoms with E-state index >= 15 is 0 Å². The minimum Gasteiger partial charge on any atom is -0.383 e. The molecule has 37 heavy (non-hydrogen) atoms. The molecule has 0 radical (unpaired) electrons. The van der Waals surface area contributed by atoms with Crippen molar-refractivity contribution in [1.82, 2.24) is 15.2 Å². The van der Waals surface area contributed by atoms with Gasteiger partial charge >= 0.3 is 0 Å². The average molecular weight is 510 g/mol. The minimum atomic E-state index is -2.24. The van der Waals surface area contributed by atoms with Crippen molar-refractivity contribution < 1.29 is 18.0 Å². The summed E-state index contributed by atoms with van der Waals surface area (Å²) in [7, 11) is 0. The monoisotopic (exact) mass is 509 g/mol. The molecular weight excluding hydrogens is 479 g/mol. The summed E-state index contributed by atoms with van der Waals surface area (Å²) in [6, 6.07) is 14.9. The minimum absolute atomic E-state index is 0.0520. The van der Waals surface area contributed by atoms with E-state index in [1.165, 1.54) is 0 Å². The lowest BCUT2D eigenvalue weighted by atomic mass is 9.94. The Morgan fingerprint density at radius 3 is 2.41 bits per heavy atom. The van der Waals surface area contributed by atoms with Crippen molar-refractivity contribution in [3.63, 3.8) is 0 Å². The number of hydrogen-bond acceptors (Lipinski definition) is 5. The first-order chi connectivity index (χ1) is 17.9. The topological polar surface area (TPSA) is 74.5 Å². The van der Waals surface area contributed by atoms with Crippen LogP contribution in [0.1, 0.15) is 28.8 Å². The number of nitrogen functional groups attached to an aromatic ring is 1. The number of halogens is 3. The first-order valence-corrected chi connectivity index (χ1v) is 12.6. The largest absolute Gasteiger partial charge is 0.383 e. The molecule has 2 aliphatic heterocycles. The highest BCUT2D eigenvalue weighted by Gasteiger charge is 2.20. The van der Waals surface area contributed by atoms with Gasteiger partial charge in [0.25, 0.3) is 5.91 Å². The van der Waals surface area contributed by atoms with Gasteiger partial charge in [0.15, 0.2) is 0 Å². The molecule has 0 unspecified atom stereocenters. The van der Waals surface area contributed by atoms with E-state index < -0.39 is 12.4 Å². The van der Waals surface area contributed by atoms with Gasteiger partial charge in [-0.2, -0.15) is 4.39 Å². The summed E-state index contributed by atoms with van der Waals surface area (Å²) in [6.07, 6.45) is -1.06. The van der Waals surface area contributed by atoms with Crippen LogP contribution in [0.3, 0.4) is 0 Å². The number of piperazine rings is 1. The molecule has 5 rings (SSSR count). The van der Waals surface area contributed by atoms with Crippen molar-refractivity contribution in [2.24, 2.45) is 0 Å². The Balaban J connectivity index is 1.31. The molecule has 3 aromatic rings. The number of aromatic nitrogens is 1. The fourth-order valence-electron chi connectivity index (χ4n) is 5.08. The third-order valence-electron chi connectivity index (χ3n) is 7.16. The zero-order chi connectivity index (χ0) is 25.9. The molecule has 1 saturated heterocycles. The van der Waals surface area contributed by atoms with Crippen LogP contribution in [0.25, 0.3) is 22.3 Å². The number of amides is 1. The molecule has 0 bridgehead atoms. The third-order valence-corrected chi connectivity index (χ3v) is 7.16. The van der Waals surface area contributed by atoms with Crippen LogP contribution >= 0.6 is 0 Å². The maximum Gasteiger partial charge on any atom is 0.251 e. The Morgan fingerprint density at radius 1 is 0.946 bits per heavy atom. The highest BCUT2D eigenvalue weighted by molar-refractivity contribution is 5.97. The van der Waals surface area contributed by atoms with Crippen LogP contribution in [-0.2, 0) is 6.42 Å². The summed E-state index contributed by atoms with van der Waals surface area (Å²) in [5, 5.41) is 2.83. The van der Waals surface area contributed by atoms with E-state index in [4.69, 9.17) is 5.73 Å². The predicted octanol–water partition coefficient (Wildman–Crippen LogP) is 4.59. The maximum absolute atomic E-state index is 14.9. The van der Waals surface area contributed by atoms with E-state index in [0.717, 1.165) is 49.4 Å². The van der Waals surface area contributed by atoms with Crippen molar-refractivity contribution >= 4 is 17.4 Å². The number of nitrogens with zero attached hydrogens (tertiary/aromatic N) is 3. The highest BCUT2D eigenvalue weighted by atomic mass is 19.3. The highest BCUT2D eigenvalue weighted by Crippen LogP contribution is 2.34. The molecule has 2 aliphatic rings. The molecule has 2 aromatic carbocycles. The van der Waals surface area contributed by atoms with E-state index in [-0.39, 0.29) is 18.1 Å². The molecule has 1 aromatic heterocycles. The number of carbonyl (C=O) groups is 1. The number of nitrogens with one attached hydrogen (secondary N) is 1. The van der Waals surface area contributed by atoms with Gasteiger partial charge in [0.05, 0.1) is 0 Å². The Morgan fingerprint density at radius 2 is 1.68 bits per heavy atom. The zero-order valence-corrected chi connectivity index (χ0v) is 20.5. The number of nitrogens with two attached hydrogens (primary N) is 1. The molecular formula is C28H30F3N5O. The van der Waals surface area contributed by atoms with Crippen LogP contribution in [-0.4, -0.2) is 61.5 Å². The van der Waals surface area contributed by atoms with E-state index in [1.54, 1.807) is 12.1 Å². The number of fused-ring (bicyclic) bond motifs is 1. The third kappa shape index (κ3) is 5.56. The fraction of sp³-hybridized carbons (Fsp3) is 0.357. The second-order valence-corrected chi connectivity index (χ2v) is 9.55. The van der Waals surface area contributed by atoms with Gasteiger partial charge in [0, 0.05) is 61.5 Å². The molecule has 1 amide bonds. The van der Waals surface area contributed by atoms with Crippen LogP contribution in [0.4, 0.5) is 24.7 Å². The van der Waals surface area contributed by atoms with Crippen LogP contribution < -0.4 is 16.0 Å². The van der Waals surface area contributed by atoms with Crippen LogP contribution in [0.5, 0.6) is 0 Å². The van der Waals surface area contributed by atoms with Gasteiger partial charge in [0.2, 0.25) is 12.4 Å². The molecule has 0 spiro atoms. The van der Waals surface area contributed by atoms with Gasteiger partial charge in [-0.15, -0.1) is 0 Å². The van der Waals surface area contributed by atoms with Crippen molar-refractivity contribution in [2.75, 3.05) is 49.9 Å². The second-order valence-electron chi connectivity index (χ2n) is 9.55. The summed E-state index contributed by atoms with van der Waals surface area (Å²) in [5.74, 6) is -0.625. The quantitative estimate of drug-likeness (QED) is 0.456. The van der Waals surface area contributed by atoms with E-state index in [2.05, 4.69) is 20.1 Å². The van der Waals surface area contributed by atoms with Crippen molar-refractivity contribution in [3.05, 3.63) is 65.6 Å². The summed E-state index contributed by atoms with van der Waals surface area (Å²) in [6.45, 7) is 4.55. The number of anilines is 2. The number of hydrogen-bond donors (Lipinski definition) is 2. The molecule has 3 heterocycles. The van der Waals surface area contributed by atoms with Gasteiger partial charge in [-0.3, -0.25) is 9.69 Å². The zero-order valence-electron chi connectivity index (χ0n) is 20.5. The molecule has 0 atom stereocenters. The average Bonchev–Trinajstić information content (AvgIpc) is 2.89. The molecule has 3 N–H and O–H groups in total. The lowest BCUT2D eigenvalue weighted by molar-refractivity contribution is 0.0946. The Kier molecular flexibility index (Phi) is 7.32. The molecule has 9 heteroatoms. The molecule has 0 aliphatic carbocycles. The standard InChI is InChI=1S/C28H30F3N5O/c29-25(30)2-1-11-35-12-14-36(15-13-35)21-6-3-18(4-7-21)23-17-24(27(32)34-26(23)31)19-5-8-22-20(16-19)9-10-33-28(22)37/h3-8,16-17,25H,1-2,9-15H2,(H2,32,34)(H,33,37). The van der Waals surface area contributed by atoms with E-state index in [9.17, 15) is 18.0 Å². The van der Waals surface area contributed by atoms with Crippen LogP contribution in [0.2, 0.25) is 0 Å². The van der Waals surface area contributed by atoms with Crippen molar-refractivity contribution in [3.8, 4) is 22.3 Å². The predicted molar refractivity (Wildman–Crippen MR) is 139 cm³/mol. The summed E-state index contributed by atoms with van der Waals surface area (Å²) >= 11 is 0. The van der Waals surface area contributed by atoms with Crippen molar-refractivity contribution in [1.29, 1.82) is 0 Å². The van der Waals surface area contributed by atoms with Crippen molar-refractivity contribution in [2.45, 2.75) is 25.7 Å². The maximum atomic E-state index is 14.9. The smallest absolute Gasteiger partial charge is 0.251 e. The van der Waals surface area contributed by atoms with Gasteiger partial charge in [-0.25, -0.2) is 13.8 Å². The number of benzene rings is 2. The first-order valence-electron chi connectivity index (χ1n) is 12.6. The number of alkyl halides is 2. The SMILES string of the molecule is Nc1nc(F)c(-c2ccc(N3CCN(CCCC(F)F)CC3)cc2)cc1-c1ccc2c(c1)CCNC2=O. The Bertz CT molecular complexity index is 1270. The second kappa shape index (κ2) is 10.8. The normalized spacial score (nSPS) is 16.1. The molecule has 6 nitrogen and oxygen atoms in total. The molecule has 0 saturated carbocycles. The summed E-state index contributed by atoms with van der Waals surface area (Å²) in [4.78, 5) is 20.5. The molecule has 194 valence electrons. The van der Waals surface area contributed by atoms with E-state index in [1.807, 2.05) is 36.4 Å². The Labute approximate surface area is 214 Å². The first kappa shape index (κ1) is 25.1. The van der Waals surface area contributed by atoms with Crippen LogP contribution in [0, 0.1) is 5.95 Å². The number of carbonyl (C=O) groups excluding carboxylic acids is 1.